The van der Waals surface area contributed by atoms with Crippen LogP contribution in [-0.4, -0.2) is 37.7 Å². The average molecular weight is 448 g/mol. The number of hydrogen-bond acceptors (Lipinski definition) is 3. The van der Waals surface area contributed by atoms with Crippen molar-refractivity contribution in [2.24, 2.45) is 0 Å². The number of rotatable bonds is 7. The SMILES string of the molecule is CCC1=CC=CCC=C1.COc1ccc(C)c(C2CCN(CCOC3=CC=CCC3)C2C)c1. The number of ether oxygens (including phenoxy) is 2. The summed E-state index contributed by atoms with van der Waals surface area (Å²) in [6, 6.07) is 6.99. The summed E-state index contributed by atoms with van der Waals surface area (Å²) in [5.74, 6) is 2.67. The quantitative estimate of drug-likeness (QED) is 0.439. The van der Waals surface area contributed by atoms with Crippen LogP contribution < -0.4 is 4.74 Å². The van der Waals surface area contributed by atoms with Gasteiger partial charge in [-0.1, -0.05) is 55.5 Å². The minimum Gasteiger partial charge on any atom is -0.497 e. The van der Waals surface area contributed by atoms with Crippen LogP contribution in [0.25, 0.3) is 0 Å². The second kappa shape index (κ2) is 13.3. The van der Waals surface area contributed by atoms with E-state index in [1.165, 1.54) is 23.1 Å². The fourth-order valence-corrected chi connectivity index (χ4v) is 4.73. The Labute approximate surface area is 201 Å². The second-order valence-corrected chi connectivity index (χ2v) is 9.00. The van der Waals surface area contributed by atoms with Gasteiger partial charge in [0.05, 0.1) is 12.9 Å². The van der Waals surface area contributed by atoms with Crippen LogP contribution in [0.1, 0.15) is 63.0 Å². The van der Waals surface area contributed by atoms with Gasteiger partial charge in [-0.15, -0.1) is 0 Å². The fraction of sp³-hybridized carbons (Fsp3) is 0.467. The van der Waals surface area contributed by atoms with E-state index in [4.69, 9.17) is 9.47 Å². The molecule has 0 N–H and O–H groups in total. The van der Waals surface area contributed by atoms with E-state index < -0.39 is 0 Å². The molecule has 0 saturated carbocycles. The molecular weight excluding hydrogens is 406 g/mol. The van der Waals surface area contributed by atoms with Gasteiger partial charge in [-0.2, -0.15) is 0 Å². The Bertz CT molecular complexity index is 906. The van der Waals surface area contributed by atoms with E-state index in [0.717, 1.165) is 56.9 Å². The number of hydrogen-bond donors (Lipinski definition) is 0. The first-order valence-corrected chi connectivity index (χ1v) is 12.5. The highest BCUT2D eigenvalue weighted by Gasteiger charge is 2.32. The molecule has 3 heteroatoms. The Morgan fingerprint density at radius 3 is 2.70 bits per heavy atom. The van der Waals surface area contributed by atoms with E-state index in [9.17, 15) is 0 Å². The predicted molar refractivity (Wildman–Crippen MR) is 140 cm³/mol. The monoisotopic (exact) mass is 447 g/mol. The van der Waals surface area contributed by atoms with Gasteiger partial charge in [0.2, 0.25) is 0 Å². The lowest BCUT2D eigenvalue weighted by molar-refractivity contribution is 0.146. The minimum atomic E-state index is 0.541. The second-order valence-electron chi connectivity index (χ2n) is 9.00. The van der Waals surface area contributed by atoms with Crippen LogP contribution >= 0.6 is 0 Å². The summed E-state index contributed by atoms with van der Waals surface area (Å²) in [5, 5.41) is 0. The van der Waals surface area contributed by atoms with E-state index >= 15 is 0 Å². The molecule has 1 saturated heterocycles. The Morgan fingerprint density at radius 2 is 1.94 bits per heavy atom. The number of likely N-dealkylation sites (tertiary alicyclic amines) is 1. The Morgan fingerprint density at radius 1 is 1.09 bits per heavy atom. The van der Waals surface area contributed by atoms with Crippen molar-refractivity contribution in [3.63, 3.8) is 0 Å². The molecule has 0 bridgehead atoms. The molecule has 1 aromatic rings. The molecule has 0 amide bonds. The number of allylic oxidation sites excluding steroid dienone is 10. The van der Waals surface area contributed by atoms with E-state index in [1.807, 2.05) is 0 Å². The molecule has 1 aromatic carbocycles. The van der Waals surface area contributed by atoms with Crippen LogP contribution in [0.5, 0.6) is 5.75 Å². The van der Waals surface area contributed by atoms with Gasteiger partial charge in [-0.3, -0.25) is 4.90 Å². The minimum absolute atomic E-state index is 0.541. The van der Waals surface area contributed by atoms with Gasteiger partial charge in [0.1, 0.15) is 12.4 Å². The molecule has 1 heterocycles. The third kappa shape index (κ3) is 7.50. The van der Waals surface area contributed by atoms with Crippen LogP contribution in [0.3, 0.4) is 0 Å². The number of methoxy groups -OCH3 is 1. The lowest BCUT2D eigenvalue weighted by Gasteiger charge is -2.26. The molecule has 2 atom stereocenters. The normalized spacial score (nSPS) is 22.2. The smallest absolute Gasteiger partial charge is 0.119 e. The number of benzene rings is 1. The highest BCUT2D eigenvalue weighted by Crippen LogP contribution is 2.36. The maximum absolute atomic E-state index is 5.94. The molecule has 1 fully saturated rings. The van der Waals surface area contributed by atoms with Crippen molar-refractivity contribution in [2.45, 2.75) is 64.8 Å². The van der Waals surface area contributed by atoms with Gasteiger partial charge in [0, 0.05) is 24.9 Å². The molecule has 33 heavy (non-hydrogen) atoms. The van der Waals surface area contributed by atoms with Crippen molar-refractivity contribution >= 4 is 0 Å². The summed E-state index contributed by atoms with van der Waals surface area (Å²) in [6.07, 6.45) is 22.8. The van der Waals surface area contributed by atoms with Crippen molar-refractivity contribution in [3.8, 4) is 5.75 Å². The molecule has 0 spiro atoms. The Kier molecular flexibility index (Phi) is 10.1. The first-order chi connectivity index (χ1) is 16.1. The zero-order valence-electron chi connectivity index (χ0n) is 20.9. The zero-order chi connectivity index (χ0) is 23.5. The molecular formula is C30H41NO2. The molecule has 0 radical (unpaired) electrons. The van der Waals surface area contributed by atoms with E-state index in [-0.39, 0.29) is 0 Å². The van der Waals surface area contributed by atoms with Crippen LogP contribution in [0.15, 0.2) is 78.1 Å². The molecule has 3 nitrogen and oxygen atoms in total. The Hall–Kier alpha value is -2.52. The highest BCUT2D eigenvalue weighted by molar-refractivity contribution is 5.38. The van der Waals surface area contributed by atoms with E-state index in [2.05, 4.69) is 92.5 Å². The maximum Gasteiger partial charge on any atom is 0.119 e. The van der Waals surface area contributed by atoms with Gasteiger partial charge >= 0.3 is 0 Å². The van der Waals surface area contributed by atoms with Crippen molar-refractivity contribution in [3.05, 3.63) is 89.3 Å². The summed E-state index contributed by atoms with van der Waals surface area (Å²) < 4.78 is 11.4. The molecule has 2 aliphatic carbocycles. The third-order valence-corrected chi connectivity index (χ3v) is 6.87. The van der Waals surface area contributed by atoms with Gasteiger partial charge in [0.15, 0.2) is 0 Å². The van der Waals surface area contributed by atoms with E-state index in [0.29, 0.717) is 12.0 Å². The van der Waals surface area contributed by atoms with Gasteiger partial charge < -0.3 is 9.47 Å². The van der Waals surface area contributed by atoms with Crippen LogP contribution in [-0.2, 0) is 4.74 Å². The standard InChI is InChI=1S/C21H29NO2.C9H12/c1-16-9-10-19(23-3)15-21(16)20-11-12-22(17(20)2)13-14-24-18-7-5-4-6-8-18;1-2-9-7-5-3-4-6-8-9/h4-5,7,9-10,15,17,20H,6,8,11-14H2,1-3H3;3,5-8H,2,4H2,1H3. The van der Waals surface area contributed by atoms with Crippen LogP contribution in [0.4, 0.5) is 0 Å². The maximum atomic E-state index is 5.94. The fourth-order valence-electron chi connectivity index (χ4n) is 4.73. The van der Waals surface area contributed by atoms with Gasteiger partial charge in [-0.25, -0.2) is 0 Å². The Balaban J connectivity index is 0.000000286. The molecule has 2 unspecified atom stereocenters. The summed E-state index contributed by atoms with van der Waals surface area (Å²) >= 11 is 0. The van der Waals surface area contributed by atoms with E-state index in [1.54, 1.807) is 7.11 Å². The van der Waals surface area contributed by atoms with Crippen molar-refractivity contribution in [1.29, 1.82) is 0 Å². The van der Waals surface area contributed by atoms with Gasteiger partial charge in [0.25, 0.3) is 0 Å². The number of nitrogens with zero attached hydrogens (tertiary/aromatic N) is 1. The zero-order valence-corrected chi connectivity index (χ0v) is 20.9. The summed E-state index contributed by atoms with van der Waals surface area (Å²) in [5.41, 5.74) is 4.22. The summed E-state index contributed by atoms with van der Waals surface area (Å²) in [7, 11) is 1.74. The third-order valence-electron chi connectivity index (χ3n) is 6.87. The lowest BCUT2D eigenvalue weighted by atomic mass is 9.89. The topological polar surface area (TPSA) is 21.7 Å². The summed E-state index contributed by atoms with van der Waals surface area (Å²) in [4.78, 5) is 2.56. The van der Waals surface area contributed by atoms with Crippen LogP contribution in [0, 0.1) is 6.92 Å². The first-order valence-electron chi connectivity index (χ1n) is 12.5. The molecule has 4 rings (SSSR count). The van der Waals surface area contributed by atoms with Crippen molar-refractivity contribution in [1.82, 2.24) is 4.90 Å². The highest BCUT2D eigenvalue weighted by atomic mass is 16.5. The molecule has 3 aliphatic rings. The van der Waals surface area contributed by atoms with Gasteiger partial charge in [-0.05, 0) is 81.0 Å². The molecule has 0 aromatic heterocycles. The van der Waals surface area contributed by atoms with Crippen molar-refractivity contribution < 1.29 is 9.47 Å². The summed E-state index contributed by atoms with van der Waals surface area (Å²) in [6.45, 7) is 9.66. The average Bonchev–Trinajstić information content (AvgIpc) is 3.04. The predicted octanol–water partition coefficient (Wildman–Crippen LogP) is 7.27. The molecule has 1 aliphatic heterocycles. The molecule has 178 valence electrons. The van der Waals surface area contributed by atoms with Crippen molar-refractivity contribution in [2.75, 3.05) is 26.8 Å². The largest absolute Gasteiger partial charge is 0.497 e. The number of aryl methyl sites for hydroxylation is 1. The first kappa shape index (κ1) is 25.1. The van der Waals surface area contributed by atoms with Crippen LogP contribution in [0.2, 0.25) is 0 Å². The lowest BCUT2D eigenvalue weighted by Crippen LogP contribution is -2.32.